The van der Waals surface area contributed by atoms with Gasteiger partial charge in [-0.2, -0.15) is 12.2 Å². The van der Waals surface area contributed by atoms with Gasteiger partial charge in [-0.1, -0.05) is 0 Å². The van der Waals surface area contributed by atoms with Gasteiger partial charge in [-0.25, -0.2) is 0 Å². The minimum absolute atomic E-state index is 0. The molecule has 0 aromatic rings. The molecule has 0 aliphatic carbocycles. The molecule has 0 amide bonds. The predicted octanol–water partition coefficient (Wildman–Crippen LogP) is 1.30. The Hall–Kier alpha value is 2.26. The zero-order chi connectivity index (χ0) is 3.41. The maximum absolute atomic E-state index is 6.42. The molecule has 2 unspecified atom stereocenters. The molecule has 0 bridgehead atoms. The molecule has 0 saturated carbocycles. The Balaban J connectivity index is 0. The molecular formula is H4P2SU. The molecule has 0 nitrogen and oxygen atoms in total. The number of hydrogen-bond acceptors (Lipinski definition) is 1. The summed E-state index contributed by atoms with van der Waals surface area (Å²) in [6.07, 6.45) is 0. The van der Waals surface area contributed by atoms with E-state index in [4.69, 9.17) is 1.28 Å². The first-order valence-corrected chi connectivity index (χ1v) is 4.26. The number of thiol groups is 1. The van der Waals surface area contributed by atoms with Crippen molar-refractivity contribution in [1.82, 2.24) is 0 Å². The Morgan fingerprint density at radius 2 is 2.50 bits per heavy atom. The molecule has 4 heteroatoms. The molecule has 0 heterocycles. The van der Waals surface area contributed by atoms with Crippen molar-refractivity contribution in [2.24, 2.45) is 0 Å². The summed E-state index contributed by atoms with van der Waals surface area (Å²) in [5.74, 6) is 0. The number of hydrogen-bond donors (Lipinski definition) is 1. The number of rotatable bonds is 1. The fourth-order valence-corrected chi connectivity index (χ4v) is 0. The average molecular weight is 338 g/mol. The van der Waals surface area contributed by atoms with Crippen LogP contribution in [0, 0.1) is 31.1 Å². The average Bonchev–Trinajstić information content (AvgIpc) is 1.37. The molecule has 4 heavy (non-hydrogen) atoms. The molecule has 0 N–H and O–H groups in total. The van der Waals surface area contributed by atoms with E-state index < -0.39 is 0 Å². The van der Waals surface area contributed by atoms with Gasteiger partial charge in [-0.15, -0.1) is 8.87 Å². The Morgan fingerprint density at radius 1 is 2.25 bits per heavy atom. The van der Waals surface area contributed by atoms with Gasteiger partial charge in [0.05, 0.1) is 1.28 Å². The largest absolute Gasteiger partial charge is 0.150 e. The van der Waals surface area contributed by atoms with Gasteiger partial charge in [0.25, 0.3) is 0 Å². The summed E-state index contributed by atoms with van der Waals surface area (Å²) >= 11 is 3.77. The van der Waals surface area contributed by atoms with Crippen LogP contribution in [0.2, 0.25) is 0 Å². The maximum atomic E-state index is 6.42. The van der Waals surface area contributed by atoms with E-state index in [-0.39, 0.29) is 40.0 Å². The summed E-state index contributed by atoms with van der Waals surface area (Å²) in [5, 5.41) is 0. The standard InChI is InChI=1S/H4P2S.U/c1-2-3;/h2-3H,1H2;/i1T;. The van der Waals surface area contributed by atoms with Crippen molar-refractivity contribution in [2.45, 2.75) is 0 Å². The van der Waals surface area contributed by atoms with E-state index >= 15 is 0 Å². The van der Waals surface area contributed by atoms with Gasteiger partial charge in [-0.05, 0) is 7.47 Å². The van der Waals surface area contributed by atoms with Crippen molar-refractivity contribution in [3.05, 3.63) is 0 Å². The van der Waals surface area contributed by atoms with Crippen LogP contribution in [0.3, 0.4) is 0 Å². The second-order valence-corrected chi connectivity index (χ2v) is 3.02. The van der Waals surface area contributed by atoms with Crippen molar-refractivity contribution < 1.29 is 31.1 Å². The minimum Gasteiger partial charge on any atom is -0.150 e. The van der Waals surface area contributed by atoms with E-state index in [1.807, 2.05) is 0 Å². The molecule has 0 aliphatic rings. The van der Waals surface area contributed by atoms with Gasteiger partial charge in [0.1, 0.15) is 0 Å². The monoisotopic (exact) mass is 338 g/mol. The van der Waals surface area contributed by atoms with Gasteiger partial charge in [-0.3, -0.25) is 0 Å². The van der Waals surface area contributed by atoms with Crippen molar-refractivity contribution in [3.8, 4) is 0 Å². The van der Waals surface area contributed by atoms with E-state index in [0.717, 1.165) is 0 Å². The molecule has 0 aliphatic heterocycles. The Labute approximate surface area is 60.6 Å². The molecule has 24 valence electrons. The molecule has 0 aromatic carbocycles. The normalized spacial score (nSPS) is 13.8. The van der Waals surface area contributed by atoms with Crippen molar-refractivity contribution >= 4 is 28.6 Å². The third-order valence-corrected chi connectivity index (χ3v) is 0. The quantitative estimate of drug-likeness (QED) is 0.541. The topological polar surface area (TPSA) is 0 Å². The van der Waals surface area contributed by atoms with E-state index in [1.165, 1.54) is 0 Å². The van der Waals surface area contributed by atoms with Crippen LogP contribution in [0.1, 0.15) is 0 Å². The van der Waals surface area contributed by atoms with Crippen molar-refractivity contribution in [3.63, 3.8) is 0 Å². The van der Waals surface area contributed by atoms with E-state index in [9.17, 15) is 0 Å². The second kappa shape index (κ2) is 8.98. The van der Waals surface area contributed by atoms with Crippen LogP contribution < -0.4 is 0 Å². The summed E-state index contributed by atoms with van der Waals surface area (Å²) in [7, 11) is 0.812. The van der Waals surface area contributed by atoms with Gasteiger partial charge in [0, 0.05) is 31.1 Å². The second-order valence-electron chi connectivity index (χ2n) is 0.112. The van der Waals surface area contributed by atoms with Crippen LogP contribution in [0.5, 0.6) is 0 Å². The summed E-state index contributed by atoms with van der Waals surface area (Å²) in [4.78, 5) is 0. The van der Waals surface area contributed by atoms with Crippen molar-refractivity contribution in [1.29, 1.82) is 1.28 Å². The SMILES string of the molecule is [3H]PPS.[U]. The molecular weight excluding hydrogens is 332 g/mol. The fourth-order valence-electron chi connectivity index (χ4n) is 0. The minimum atomic E-state index is 0. The maximum Gasteiger partial charge on any atom is 0.0599 e. The predicted molar refractivity (Wildman–Crippen MR) is 27.0 cm³/mol. The molecule has 0 saturated heterocycles. The summed E-state index contributed by atoms with van der Waals surface area (Å²) in [6, 6.07) is 0. The smallest absolute Gasteiger partial charge is 0.0599 e. The van der Waals surface area contributed by atoms with Crippen LogP contribution in [0.15, 0.2) is 0 Å². The van der Waals surface area contributed by atoms with Gasteiger partial charge < -0.3 is 0 Å². The molecule has 0 aromatic heterocycles. The fraction of sp³-hybridized carbons (Fsp3) is 0. The van der Waals surface area contributed by atoms with E-state index in [0.29, 0.717) is 7.47 Å². The van der Waals surface area contributed by atoms with Gasteiger partial charge in [0.2, 0.25) is 0 Å². The van der Waals surface area contributed by atoms with E-state index in [2.05, 4.69) is 12.2 Å². The molecule has 0 rings (SSSR count). The zero-order valence-corrected chi connectivity index (χ0v) is 9.01. The Bertz CT molecular complexity index is 11.6. The molecule has 0 radical (unpaired) electrons. The van der Waals surface area contributed by atoms with Crippen LogP contribution in [-0.4, -0.2) is 1.28 Å². The van der Waals surface area contributed by atoms with E-state index in [1.54, 1.807) is 0 Å². The van der Waals surface area contributed by atoms with Gasteiger partial charge in [0.15, 0.2) is 0 Å². The summed E-state index contributed by atoms with van der Waals surface area (Å²) < 4.78 is 6.42. The van der Waals surface area contributed by atoms with Crippen LogP contribution in [0.25, 0.3) is 0 Å². The molecule has 2 atom stereocenters. The summed E-state index contributed by atoms with van der Waals surface area (Å²) in [6.45, 7) is 0. The zero-order valence-electron chi connectivity index (χ0n) is 2.95. The first-order valence-electron chi connectivity index (χ1n) is 0.974. The third kappa shape index (κ3) is 8.86. The van der Waals surface area contributed by atoms with Crippen LogP contribution in [-0.2, 0) is 0 Å². The molecule has 0 spiro atoms. The Morgan fingerprint density at radius 3 is 2.50 bits per heavy atom. The first-order chi connectivity index (χ1) is 1.91. The van der Waals surface area contributed by atoms with Crippen molar-refractivity contribution in [2.75, 3.05) is 0 Å². The van der Waals surface area contributed by atoms with Crippen LogP contribution in [0.4, 0.5) is 0 Å². The Kier molecular flexibility index (Phi) is 14.1. The summed E-state index contributed by atoms with van der Waals surface area (Å²) in [5.41, 5.74) is 0. The van der Waals surface area contributed by atoms with Crippen LogP contribution >= 0.6 is 28.6 Å². The van der Waals surface area contributed by atoms with Gasteiger partial charge >= 0.3 is 0 Å². The third-order valence-electron chi connectivity index (χ3n) is 0. The molecule has 0 fully saturated rings. The first kappa shape index (κ1) is 6.26.